The van der Waals surface area contributed by atoms with E-state index in [1.54, 1.807) is 6.07 Å². The Bertz CT molecular complexity index is 468. The van der Waals surface area contributed by atoms with Crippen molar-refractivity contribution < 1.29 is 4.79 Å². The molecule has 2 nitrogen and oxygen atoms in total. The molecule has 0 saturated carbocycles. The molecule has 0 heterocycles. The largest absolute Gasteiger partial charge is 0.294 e. The highest BCUT2D eigenvalue weighted by Gasteiger charge is 2.29. The van der Waals surface area contributed by atoms with E-state index in [9.17, 15) is 4.79 Å². The summed E-state index contributed by atoms with van der Waals surface area (Å²) in [7, 11) is 0. The number of hydrogen-bond donors (Lipinski definition) is 0. The van der Waals surface area contributed by atoms with Crippen molar-refractivity contribution >= 4 is 5.78 Å². The number of hydrogen-bond acceptors (Lipinski definition) is 2. The number of benzene rings is 1. The molecule has 0 aromatic heterocycles. The number of nitrogens with zero attached hydrogens (tertiary/aromatic N) is 1. The maximum absolute atomic E-state index is 12.2. The minimum absolute atomic E-state index is 0.153. The summed E-state index contributed by atoms with van der Waals surface area (Å²) in [6, 6.07) is 7.51. The van der Waals surface area contributed by atoms with E-state index in [1.165, 1.54) is 0 Å². The summed E-state index contributed by atoms with van der Waals surface area (Å²) in [4.78, 5) is 12.2. The van der Waals surface area contributed by atoms with Gasteiger partial charge in [-0.3, -0.25) is 4.79 Å². The second-order valence-corrected chi connectivity index (χ2v) is 4.74. The molecule has 82 valence electrons. The minimum atomic E-state index is 0.153. The molecule has 2 rings (SSSR count). The van der Waals surface area contributed by atoms with Crippen molar-refractivity contribution in [3.8, 4) is 6.07 Å². The van der Waals surface area contributed by atoms with Gasteiger partial charge in [-0.15, -0.1) is 0 Å². The number of carbonyl (C=O) groups excluding carboxylic acids is 1. The first kappa shape index (κ1) is 10.9. The van der Waals surface area contributed by atoms with Crippen LogP contribution in [0.1, 0.15) is 41.8 Å². The summed E-state index contributed by atoms with van der Waals surface area (Å²) in [6.07, 6.45) is 1.83. The Morgan fingerprint density at radius 1 is 1.44 bits per heavy atom. The van der Waals surface area contributed by atoms with Crippen molar-refractivity contribution in [2.24, 2.45) is 11.8 Å². The van der Waals surface area contributed by atoms with Crippen LogP contribution in [0.4, 0.5) is 0 Å². The molecule has 1 aromatic rings. The molecule has 0 aliphatic heterocycles. The molecule has 0 N–H and O–H groups in total. The summed E-state index contributed by atoms with van der Waals surface area (Å²) in [5.41, 5.74) is 2.51. The summed E-state index contributed by atoms with van der Waals surface area (Å²) in [5.74, 6) is 0.803. The van der Waals surface area contributed by atoms with Gasteiger partial charge >= 0.3 is 0 Å². The van der Waals surface area contributed by atoms with Gasteiger partial charge in [-0.25, -0.2) is 0 Å². The average molecular weight is 213 g/mol. The topological polar surface area (TPSA) is 40.9 Å². The van der Waals surface area contributed by atoms with Gasteiger partial charge in [-0.05, 0) is 42.5 Å². The third-order valence-electron chi connectivity index (χ3n) is 3.37. The van der Waals surface area contributed by atoms with Crippen LogP contribution in [0, 0.1) is 23.2 Å². The smallest absolute Gasteiger partial charge is 0.166 e. The van der Waals surface area contributed by atoms with Crippen LogP contribution in [0.5, 0.6) is 0 Å². The molecule has 1 atom stereocenters. The molecule has 1 unspecified atom stereocenters. The van der Waals surface area contributed by atoms with E-state index in [1.807, 2.05) is 12.1 Å². The summed E-state index contributed by atoms with van der Waals surface area (Å²) < 4.78 is 0. The van der Waals surface area contributed by atoms with Gasteiger partial charge in [0.25, 0.3) is 0 Å². The van der Waals surface area contributed by atoms with Gasteiger partial charge in [0.2, 0.25) is 0 Å². The molecule has 0 fully saturated rings. The highest BCUT2D eigenvalue weighted by molar-refractivity contribution is 6.00. The number of aryl methyl sites for hydroxylation is 1. The zero-order valence-electron chi connectivity index (χ0n) is 9.66. The fourth-order valence-electron chi connectivity index (χ4n) is 2.39. The van der Waals surface area contributed by atoms with Crippen molar-refractivity contribution in [2.75, 3.05) is 0 Å². The van der Waals surface area contributed by atoms with E-state index in [-0.39, 0.29) is 11.7 Å². The first-order valence-corrected chi connectivity index (χ1v) is 5.70. The second kappa shape index (κ2) is 4.09. The van der Waals surface area contributed by atoms with Gasteiger partial charge in [-0.1, -0.05) is 13.8 Å². The van der Waals surface area contributed by atoms with Gasteiger partial charge in [0.05, 0.1) is 11.6 Å². The Morgan fingerprint density at radius 2 is 2.19 bits per heavy atom. The van der Waals surface area contributed by atoms with Crippen LogP contribution in [0.15, 0.2) is 18.2 Å². The minimum Gasteiger partial charge on any atom is -0.294 e. The molecule has 16 heavy (non-hydrogen) atoms. The van der Waals surface area contributed by atoms with E-state index in [0.29, 0.717) is 11.5 Å². The van der Waals surface area contributed by atoms with Crippen molar-refractivity contribution in [3.63, 3.8) is 0 Å². The number of ketones is 1. The van der Waals surface area contributed by atoms with Crippen LogP contribution >= 0.6 is 0 Å². The summed E-state index contributed by atoms with van der Waals surface area (Å²) in [5, 5.41) is 8.81. The lowest BCUT2D eigenvalue weighted by molar-refractivity contribution is 0.0864. The second-order valence-electron chi connectivity index (χ2n) is 4.74. The highest BCUT2D eigenvalue weighted by Crippen LogP contribution is 2.30. The predicted molar refractivity (Wildman–Crippen MR) is 62.1 cm³/mol. The average Bonchev–Trinajstić information content (AvgIpc) is 2.28. The molecular weight excluding hydrogens is 198 g/mol. The third kappa shape index (κ3) is 1.74. The molecule has 0 amide bonds. The SMILES string of the molecule is CC(C)C1CCc2cc(C#N)ccc2C1=O. The number of rotatable bonds is 1. The predicted octanol–water partition coefficient (Wildman–Crippen LogP) is 2.96. The Labute approximate surface area is 95.9 Å². The van der Waals surface area contributed by atoms with Gasteiger partial charge in [0.15, 0.2) is 5.78 Å². The van der Waals surface area contributed by atoms with Gasteiger partial charge < -0.3 is 0 Å². The van der Waals surface area contributed by atoms with Gasteiger partial charge in [-0.2, -0.15) is 5.26 Å². The molecule has 0 saturated heterocycles. The van der Waals surface area contributed by atoms with Crippen molar-refractivity contribution in [3.05, 3.63) is 34.9 Å². The van der Waals surface area contributed by atoms with Crippen molar-refractivity contribution in [1.82, 2.24) is 0 Å². The lowest BCUT2D eigenvalue weighted by Gasteiger charge is -2.26. The van der Waals surface area contributed by atoms with Crippen molar-refractivity contribution in [2.45, 2.75) is 26.7 Å². The Morgan fingerprint density at radius 3 is 2.81 bits per heavy atom. The molecule has 1 aromatic carbocycles. The van der Waals surface area contributed by atoms with E-state index < -0.39 is 0 Å². The Kier molecular flexibility index (Phi) is 2.78. The maximum atomic E-state index is 12.2. The third-order valence-corrected chi connectivity index (χ3v) is 3.37. The number of fused-ring (bicyclic) bond motifs is 1. The van der Waals surface area contributed by atoms with Crippen LogP contribution < -0.4 is 0 Å². The maximum Gasteiger partial charge on any atom is 0.166 e. The molecule has 0 bridgehead atoms. The first-order chi connectivity index (χ1) is 7.63. The van der Waals surface area contributed by atoms with Gasteiger partial charge in [0, 0.05) is 11.5 Å². The van der Waals surface area contributed by atoms with Crippen molar-refractivity contribution in [1.29, 1.82) is 5.26 Å². The molecule has 2 heteroatoms. The fourth-order valence-corrected chi connectivity index (χ4v) is 2.39. The lowest BCUT2D eigenvalue weighted by atomic mass is 9.77. The standard InChI is InChI=1S/C14H15NO/c1-9(2)12-6-4-11-7-10(8-15)3-5-13(11)14(12)16/h3,5,7,9,12H,4,6H2,1-2H3. The quantitative estimate of drug-likeness (QED) is 0.719. The Hall–Kier alpha value is -1.62. The lowest BCUT2D eigenvalue weighted by Crippen LogP contribution is -2.26. The zero-order valence-corrected chi connectivity index (χ0v) is 9.66. The zero-order chi connectivity index (χ0) is 11.7. The molecular formula is C14H15NO. The normalized spacial score (nSPS) is 19.4. The van der Waals surface area contributed by atoms with Crippen LogP contribution in [0.3, 0.4) is 0 Å². The van der Waals surface area contributed by atoms with E-state index in [2.05, 4.69) is 19.9 Å². The number of carbonyl (C=O) groups is 1. The molecule has 0 spiro atoms. The van der Waals surface area contributed by atoms with Crippen LogP contribution in [0.2, 0.25) is 0 Å². The van der Waals surface area contributed by atoms with E-state index in [0.717, 1.165) is 24.0 Å². The Balaban J connectivity index is 2.40. The number of nitriles is 1. The first-order valence-electron chi connectivity index (χ1n) is 5.70. The fraction of sp³-hybridized carbons (Fsp3) is 0.429. The van der Waals surface area contributed by atoms with E-state index >= 15 is 0 Å². The van der Waals surface area contributed by atoms with Crippen LogP contribution in [0.25, 0.3) is 0 Å². The number of Topliss-reactive ketones (excluding diaryl/α,β-unsaturated/α-hetero) is 1. The van der Waals surface area contributed by atoms with Crippen LogP contribution in [-0.4, -0.2) is 5.78 Å². The molecule has 1 aliphatic rings. The monoisotopic (exact) mass is 213 g/mol. The molecule has 0 radical (unpaired) electrons. The summed E-state index contributed by atoms with van der Waals surface area (Å²) >= 11 is 0. The molecule has 1 aliphatic carbocycles. The summed E-state index contributed by atoms with van der Waals surface area (Å²) in [6.45, 7) is 4.19. The van der Waals surface area contributed by atoms with E-state index in [4.69, 9.17) is 5.26 Å². The van der Waals surface area contributed by atoms with Crippen LogP contribution in [-0.2, 0) is 6.42 Å². The van der Waals surface area contributed by atoms with Gasteiger partial charge in [0.1, 0.15) is 0 Å². The highest BCUT2D eigenvalue weighted by atomic mass is 16.1.